The summed E-state index contributed by atoms with van der Waals surface area (Å²) in [5.74, 6) is 2.66. The smallest absolute Gasteiger partial charge is 0.283 e. The molecule has 1 atom stereocenters. The van der Waals surface area contributed by atoms with Crippen LogP contribution in [0.1, 0.15) is 17.4 Å². The van der Waals surface area contributed by atoms with E-state index in [0.717, 1.165) is 17.4 Å². The minimum absolute atomic E-state index is 0.122. The highest BCUT2D eigenvalue weighted by atomic mass is 32.2. The SMILES string of the molecule is Cc1c([C@H]2CSCN2)o[nH]c1=O. The third kappa shape index (κ3) is 1.19. The number of nitrogens with one attached hydrogen (secondary N) is 2. The average Bonchev–Trinajstić information content (AvgIpc) is 2.64. The summed E-state index contributed by atoms with van der Waals surface area (Å²) in [5, 5.41) is 5.57. The van der Waals surface area contributed by atoms with Gasteiger partial charge in [0, 0.05) is 11.6 Å². The summed E-state index contributed by atoms with van der Waals surface area (Å²) in [7, 11) is 0. The molecule has 1 fully saturated rings. The zero-order chi connectivity index (χ0) is 8.55. The third-order valence-electron chi connectivity index (χ3n) is 2.00. The number of hydrogen-bond donors (Lipinski definition) is 2. The Balaban J connectivity index is 2.32. The van der Waals surface area contributed by atoms with Gasteiger partial charge in [0.25, 0.3) is 5.56 Å². The van der Waals surface area contributed by atoms with Crippen LogP contribution < -0.4 is 10.9 Å². The van der Waals surface area contributed by atoms with Gasteiger partial charge in [-0.05, 0) is 6.92 Å². The Hall–Kier alpha value is -0.680. The molecule has 1 saturated heterocycles. The molecule has 1 aromatic heterocycles. The minimum atomic E-state index is -0.122. The van der Waals surface area contributed by atoms with E-state index in [1.807, 2.05) is 11.8 Å². The first-order chi connectivity index (χ1) is 5.79. The van der Waals surface area contributed by atoms with Gasteiger partial charge in [0.15, 0.2) is 5.76 Å². The number of thioether (sulfide) groups is 1. The van der Waals surface area contributed by atoms with Gasteiger partial charge in [-0.15, -0.1) is 11.8 Å². The molecule has 0 aromatic carbocycles. The molecule has 0 amide bonds. The van der Waals surface area contributed by atoms with Gasteiger partial charge in [0.1, 0.15) is 0 Å². The Morgan fingerprint density at radius 3 is 3.00 bits per heavy atom. The second-order valence-electron chi connectivity index (χ2n) is 2.79. The second-order valence-corrected chi connectivity index (χ2v) is 3.82. The Morgan fingerprint density at radius 1 is 1.67 bits per heavy atom. The molecule has 66 valence electrons. The van der Waals surface area contributed by atoms with E-state index >= 15 is 0 Å². The summed E-state index contributed by atoms with van der Waals surface area (Å²) >= 11 is 1.81. The Kier molecular flexibility index (Phi) is 1.98. The lowest BCUT2D eigenvalue weighted by molar-refractivity contribution is 0.353. The molecule has 0 aliphatic carbocycles. The molecule has 2 rings (SSSR count). The maximum Gasteiger partial charge on any atom is 0.283 e. The fraction of sp³-hybridized carbons (Fsp3) is 0.571. The maximum absolute atomic E-state index is 11.0. The molecule has 5 heteroatoms. The van der Waals surface area contributed by atoms with Crippen molar-refractivity contribution in [2.75, 3.05) is 11.6 Å². The molecular formula is C7H10N2O2S. The van der Waals surface area contributed by atoms with Crippen LogP contribution in [0.3, 0.4) is 0 Å². The lowest BCUT2D eigenvalue weighted by Gasteiger charge is -2.03. The number of H-pyrrole nitrogens is 1. The molecule has 4 nitrogen and oxygen atoms in total. The summed E-state index contributed by atoms with van der Waals surface area (Å²) < 4.78 is 5.07. The zero-order valence-electron chi connectivity index (χ0n) is 6.72. The molecule has 0 unspecified atom stereocenters. The summed E-state index contributed by atoms with van der Waals surface area (Å²) in [4.78, 5) is 11.0. The van der Waals surface area contributed by atoms with Crippen molar-refractivity contribution in [3.63, 3.8) is 0 Å². The normalized spacial score (nSPS) is 23.2. The first kappa shape index (κ1) is 7.94. The van der Waals surface area contributed by atoms with Gasteiger partial charge in [0.05, 0.1) is 11.6 Å². The predicted molar refractivity (Wildman–Crippen MR) is 47.3 cm³/mol. The van der Waals surface area contributed by atoms with E-state index in [9.17, 15) is 4.79 Å². The number of aromatic nitrogens is 1. The highest BCUT2D eigenvalue weighted by Crippen LogP contribution is 2.24. The topological polar surface area (TPSA) is 58.0 Å². The van der Waals surface area contributed by atoms with Crippen LogP contribution in [0.5, 0.6) is 0 Å². The molecule has 1 aromatic rings. The van der Waals surface area contributed by atoms with Crippen LogP contribution in [0.2, 0.25) is 0 Å². The molecule has 1 aliphatic rings. The zero-order valence-corrected chi connectivity index (χ0v) is 7.53. The van der Waals surface area contributed by atoms with Crippen molar-refractivity contribution in [1.29, 1.82) is 0 Å². The van der Waals surface area contributed by atoms with Crippen LogP contribution in [-0.4, -0.2) is 16.8 Å². The van der Waals surface area contributed by atoms with Gasteiger partial charge < -0.3 is 4.52 Å². The van der Waals surface area contributed by atoms with Crippen molar-refractivity contribution in [3.05, 3.63) is 21.7 Å². The Labute approximate surface area is 73.7 Å². The van der Waals surface area contributed by atoms with E-state index in [0.29, 0.717) is 5.56 Å². The van der Waals surface area contributed by atoms with Gasteiger partial charge in [-0.2, -0.15) is 5.16 Å². The van der Waals surface area contributed by atoms with Crippen LogP contribution in [0.25, 0.3) is 0 Å². The Bertz CT molecular complexity index is 324. The van der Waals surface area contributed by atoms with E-state index in [1.54, 1.807) is 6.92 Å². The number of rotatable bonds is 1. The van der Waals surface area contributed by atoms with E-state index in [4.69, 9.17) is 4.52 Å². The van der Waals surface area contributed by atoms with Crippen LogP contribution in [-0.2, 0) is 0 Å². The summed E-state index contributed by atoms with van der Waals surface area (Å²) in [6, 6.07) is 0.203. The van der Waals surface area contributed by atoms with Crippen molar-refractivity contribution in [2.45, 2.75) is 13.0 Å². The summed E-state index contributed by atoms with van der Waals surface area (Å²) in [6.45, 7) is 1.78. The molecule has 2 N–H and O–H groups in total. The van der Waals surface area contributed by atoms with E-state index in [1.165, 1.54) is 0 Å². The first-order valence-corrected chi connectivity index (χ1v) is 4.93. The van der Waals surface area contributed by atoms with Crippen LogP contribution in [0, 0.1) is 6.92 Å². The standard InChI is InChI=1S/C7H10N2O2S/c1-4-6(11-9-7(4)10)5-2-12-3-8-5/h5,8H,2-3H2,1H3,(H,9,10)/t5-/m1/s1. The van der Waals surface area contributed by atoms with Crippen LogP contribution in [0.4, 0.5) is 0 Å². The molecule has 1 aliphatic heterocycles. The van der Waals surface area contributed by atoms with Crippen molar-refractivity contribution < 1.29 is 4.52 Å². The average molecular weight is 186 g/mol. The molecule has 0 radical (unpaired) electrons. The highest BCUT2D eigenvalue weighted by Gasteiger charge is 2.23. The third-order valence-corrected chi connectivity index (χ3v) is 2.94. The van der Waals surface area contributed by atoms with Gasteiger partial charge in [-0.1, -0.05) is 0 Å². The van der Waals surface area contributed by atoms with E-state index in [-0.39, 0.29) is 11.6 Å². The largest absolute Gasteiger partial charge is 0.382 e. The summed E-state index contributed by atoms with van der Waals surface area (Å²) in [5.41, 5.74) is 0.568. The minimum Gasteiger partial charge on any atom is -0.382 e. The fourth-order valence-electron chi connectivity index (χ4n) is 1.26. The van der Waals surface area contributed by atoms with Gasteiger partial charge >= 0.3 is 0 Å². The quantitative estimate of drug-likeness (QED) is 0.674. The molecular weight excluding hydrogens is 176 g/mol. The van der Waals surface area contributed by atoms with Crippen molar-refractivity contribution in [3.8, 4) is 0 Å². The number of aromatic amines is 1. The van der Waals surface area contributed by atoms with Crippen molar-refractivity contribution in [2.24, 2.45) is 0 Å². The fourth-order valence-corrected chi connectivity index (χ4v) is 2.20. The van der Waals surface area contributed by atoms with E-state index < -0.39 is 0 Å². The Morgan fingerprint density at radius 2 is 2.50 bits per heavy atom. The lowest BCUT2D eigenvalue weighted by Crippen LogP contribution is -2.15. The maximum atomic E-state index is 11.0. The predicted octanol–water partition coefficient (Wildman–Crippen LogP) is 0.611. The molecule has 2 heterocycles. The molecule has 12 heavy (non-hydrogen) atoms. The molecule has 0 spiro atoms. The van der Waals surface area contributed by atoms with Crippen LogP contribution in [0.15, 0.2) is 9.32 Å². The molecule has 0 bridgehead atoms. The first-order valence-electron chi connectivity index (χ1n) is 3.78. The highest BCUT2D eigenvalue weighted by molar-refractivity contribution is 7.99. The van der Waals surface area contributed by atoms with Crippen molar-refractivity contribution in [1.82, 2.24) is 10.5 Å². The van der Waals surface area contributed by atoms with Gasteiger partial charge in [-0.3, -0.25) is 10.1 Å². The van der Waals surface area contributed by atoms with Gasteiger partial charge in [0.2, 0.25) is 0 Å². The lowest BCUT2D eigenvalue weighted by atomic mass is 10.2. The van der Waals surface area contributed by atoms with E-state index in [2.05, 4.69) is 10.5 Å². The van der Waals surface area contributed by atoms with Crippen LogP contribution >= 0.6 is 11.8 Å². The molecule has 0 saturated carbocycles. The van der Waals surface area contributed by atoms with Crippen molar-refractivity contribution >= 4 is 11.8 Å². The van der Waals surface area contributed by atoms with Gasteiger partial charge in [-0.25, -0.2) is 0 Å². The summed E-state index contributed by atoms with van der Waals surface area (Å²) in [6.07, 6.45) is 0. The second kappa shape index (κ2) is 2.99. The monoisotopic (exact) mass is 186 g/mol. The number of hydrogen-bond acceptors (Lipinski definition) is 4.